The minimum absolute atomic E-state index is 0.0268. The lowest BCUT2D eigenvalue weighted by molar-refractivity contribution is -0.440. The van der Waals surface area contributed by atoms with Crippen LogP contribution < -0.4 is 0 Å². The average molecular weight is 336 g/mol. The maximum atomic E-state index is 13.6. The Balaban J connectivity index is 4.86. The third-order valence-corrected chi connectivity index (χ3v) is 2.90. The van der Waals surface area contributed by atoms with Crippen molar-refractivity contribution in [1.82, 2.24) is 0 Å². The number of carbonyl (C=O) groups excluding carboxylic acids is 1. The molecule has 0 heterocycles. The molecule has 0 aromatic heterocycles. The van der Waals surface area contributed by atoms with E-state index >= 15 is 0 Å². The van der Waals surface area contributed by atoms with E-state index in [0.717, 1.165) is 0 Å². The second-order valence-electron chi connectivity index (χ2n) is 5.04. The molecule has 0 aliphatic heterocycles. The Labute approximate surface area is 123 Å². The van der Waals surface area contributed by atoms with Gasteiger partial charge in [-0.15, -0.1) is 0 Å². The number of halogens is 5. The van der Waals surface area contributed by atoms with Crippen LogP contribution in [0.15, 0.2) is 12.2 Å². The standard InChI is InChI=1S/C12H17F5O5/c1-7(2)8(18)22-6-4-5-9(3,19)10(13,14)11(20,21)12(15,16)17/h19-21H,1,4-6H2,2-3H3. The molecule has 0 spiro atoms. The number of rotatable bonds is 7. The normalized spacial score (nSPS) is 16.1. The van der Waals surface area contributed by atoms with Crippen LogP contribution in [0.25, 0.3) is 0 Å². The Morgan fingerprint density at radius 3 is 1.95 bits per heavy atom. The van der Waals surface area contributed by atoms with E-state index in [1.165, 1.54) is 6.92 Å². The van der Waals surface area contributed by atoms with E-state index in [4.69, 9.17) is 10.2 Å². The van der Waals surface area contributed by atoms with Crippen LogP contribution in [0.5, 0.6) is 0 Å². The van der Waals surface area contributed by atoms with Crippen molar-refractivity contribution in [3.05, 3.63) is 12.2 Å². The molecule has 0 fully saturated rings. The van der Waals surface area contributed by atoms with E-state index in [-0.39, 0.29) is 5.57 Å². The summed E-state index contributed by atoms with van der Waals surface area (Å²) < 4.78 is 68.5. The van der Waals surface area contributed by atoms with Gasteiger partial charge in [-0.2, -0.15) is 22.0 Å². The first-order valence-corrected chi connectivity index (χ1v) is 6.02. The molecule has 22 heavy (non-hydrogen) atoms. The maximum absolute atomic E-state index is 13.6. The van der Waals surface area contributed by atoms with Gasteiger partial charge in [-0.25, -0.2) is 4.79 Å². The lowest BCUT2D eigenvalue weighted by atomic mass is 9.86. The largest absolute Gasteiger partial charge is 0.462 e. The van der Waals surface area contributed by atoms with Crippen LogP contribution in [-0.4, -0.2) is 51.4 Å². The van der Waals surface area contributed by atoms with Gasteiger partial charge in [0.25, 0.3) is 0 Å². The molecular formula is C12H17F5O5. The van der Waals surface area contributed by atoms with Crippen molar-refractivity contribution in [2.24, 2.45) is 0 Å². The zero-order valence-electron chi connectivity index (χ0n) is 11.9. The third-order valence-electron chi connectivity index (χ3n) is 2.90. The molecule has 0 rings (SSSR count). The van der Waals surface area contributed by atoms with E-state index in [1.807, 2.05) is 0 Å². The predicted octanol–water partition coefficient (Wildman–Crippen LogP) is 1.52. The highest BCUT2D eigenvalue weighted by atomic mass is 19.4. The van der Waals surface area contributed by atoms with Gasteiger partial charge < -0.3 is 20.1 Å². The van der Waals surface area contributed by atoms with Crippen LogP contribution in [0.1, 0.15) is 26.7 Å². The Morgan fingerprint density at radius 1 is 1.14 bits per heavy atom. The van der Waals surface area contributed by atoms with Crippen LogP contribution in [0.3, 0.4) is 0 Å². The van der Waals surface area contributed by atoms with Crippen molar-refractivity contribution in [3.63, 3.8) is 0 Å². The minimum Gasteiger partial charge on any atom is -0.462 e. The number of esters is 1. The highest BCUT2D eigenvalue weighted by Gasteiger charge is 2.74. The van der Waals surface area contributed by atoms with Crippen molar-refractivity contribution in [1.29, 1.82) is 0 Å². The van der Waals surface area contributed by atoms with E-state index in [2.05, 4.69) is 11.3 Å². The topological polar surface area (TPSA) is 87.0 Å². The molecule has 0 bridgehead atoms. The van der Waals surface area contributed by atoms with Gasteiger partial charge in [0.1, 0.15) is 5.60 Å². The first kappa shape index (κ1) is 20.7. The monoisotopic (exact) mass is 336 g/mol. The lowest BCUT2D eigenvalue weighted by Gasteiger charge is -2.40. The Morgan fingerprint density at radius 2 is 1.59 bits per heavy atom. The molecule has 0 aromatic carbocycles. The third kappa shape index (κ3) is 4.14. The van der Waals surface area contributed by atoms with Gasteiger partial charge in [-0.05, 0) is 26.7 Å². The zero-order valence-corrected chi connectivity index (χ0v) is 11.9. The molecule has 1 unspecified atom stereocenters. The maximum Gasteiger partial charge on any atom is 0.449 e. The molecule has 0 aliphatic carbocycles. The summed E-state index contributed by atoms with van der Waals surface area (Å²) in [5.74, 6) is -11.5. The fourth-order valence-corrected chi connectivity index (χ4v) is 1.41. The number of ether oxygens (including phenoxy) is 1. The predicted molar refractivity (Wildman–Crippen MR) is 63.8 cm³/mol. The molecule has 0 radical (unpaired) electrons. The quantitative estimate of drug-likeness (QED) is 0.216. The summed E-state index contributed by atoms with van der Waals surface area (Å²) in [6, 6.07) is 0. The first-order valence-electron chi connectivity index (χ1n) is 6.02. The lowest BCUT2D eigenvalue weighted by Crippen LogP contribution is -2.67. The molecule has 1 atom stereocenters. The van der Waals surface area contributed by atoms with Gasteiger partial charge in [-0.1, -0.05) is 6.58 Å². The molecule has 0 saturated heterocycles. The number of alkyl halides is 5. The second kappa shape index (κ2) is 6.47. The van der Waals surface area contributed by atoms with Crippen molar-refractivity contribution < 1.29 is 46.8 Å². The molecule has 0 aromatic rings. The molecule has 0 aliphatic rings. The number of carbonyl (C=O) groups is 1. The van der Waals surface area contributed by atoms with Crippen molar-refractivity contribution in [2.75, 3.05) is 6.61 Å². The van der Waals surface area contributed by atoms with Crippen molar-refractivity contribution >= 4 is 5.97 Å². The Bertz CT molecular complexity index is 428. The van der Waals surface area contributed by atoms with Gasteiger partial charge in [-0.3, -0.25) is 0 Å². The fraction of sp³-hybridized carbons (Fsp3) is 0.750. The molecule has 5 nitrogen and oxygen atoms in total. The number of hydrogen-bond acceptors (Lipinski definition) is 5. The summed E-state index contributed by atoms with van der Waals surface area (Å²) in [4.78, 5) is 11.0. The van der Waals surface area contributed by atoms with E-state index in [0.29, 0.717) is 6.92 Å². The van der Waals surface area contributed by atoms with Crippen LogP contribution >= 0.6 is 0 Å². The summed E-state index contributed by atoms with van der Waals surface area (Å²) in [7, 11) is 0. The molecule has 0 amide bonds. The highest BCUT2D eigenvalue weighted by Crippen LogP contribution is 2.47. The van der Waals surface area contributed by atoms with Gasteiger partial charge >= 0.3 is 23.9 Å². The second-order valence-corrected chi connectivity index (χ2v) is 5.04. The number of hydrogen-bond donors (Lipinski definition) is 3. The SMILES string of the molecule is C=C(C)C(=O)OCCCC(C)(O)C(F)(F)C(O)(O)C(F)(F)F. The van der Waals surface area contributed by atoms with Crippen LogP contribution in [0, 0.1) is 0 Å². The average Bonchev–Trinajstić information content (AvgIpc) is 2.32. The Hall–Kier alpha value is -1.26. The van der Waals surface area contributed by atoms with E-state index < -0.39 is 48.9 Å². The minimum atomic E-state index is -6.08. The van der Waals surface area contributed by atoms with Gasteiger partial charge in [0, 0.05) is 5.57 Å². The summed E-state index contributed by atoms with van der Waals surface area (Å²) in [5, 5.41) is 26.8. The van der Waals surface area contributed by atoms with Gasteiger partial charge in [0.15, 0.2) is 0 Å². The van der Waals surface area contributed by atoms with Crippen LogP contribution in [-0.2, 0) is 9.53 Å². The zero-order chi connectivity index (χ0) is 18.0. The first-order chi connectivity index (χ1) is 9.58. The molecule has 130 valence electrons. The highest BCUT2D eigenvalue weighted by molar-refractivity contribution is 5.86. The van der Waals surface area contributed by atoms with Gasteiger partial charge in [0.05, 0.1) is 6.61 Å². The Kier molecular flexibility index (Phi) is 6.10. The smallest absolute Gasteiger partial charge is 0.449 e. The van der Waals surface area contributed by atoms with Crippen LogP contribution in [0.4, 0.5) is 22.0 Å². The van der Waals surface area contributed by atoms with E-state index in [9.17, 15) is 31.9 Å². The molecule has 0 saturated carbocycles. The van der Waals surface area contributed by atoms with Crippen molar-refractivity contribution in [3.8, 4) is 0 Å². The fourth-order valence-electron chi connectivity index (χ4n) is 1.41. The van der Waals surface area contributed by atoms with Crippen LogP contribution in [0.2, 0.25) is 0 Å². The molecule has 3 N–H and O–H groups in total. The summed E-state index contributed by atoms with van der Waals surface area (Å²) in [6.07, 6.45) is -7.50. The molecule has 10 heteroatoms. The summed E-state index contributed by atoms with van der Waals surface area (Å²) in [5.41, 5.74) is -3.37. The van der Waals surface area contributed by atoms with Crippen molar-refractivity contribution in [2.45, 2.75) is 50.2 Å². The number of aliphatic hydroxyl groups is 3. The summed E-state index contributed by atoms with van der Waals surface area (Å²) >= 11 is 0. The molecular weight excluding hydrogens is 319 g/mol. The van der Waals surface area contributed by atoms with E-state index in [1.54, 1.807) is 0 Å². The van der Waals surface area contributed by atoms with Gasteiger partial charge in [0.2, 0.25) is 0 Å². The summed E-state index contributed by atoms with van der Waals surface area (Å²) in [6.45, 7) is 4.42.